The highest BCUT2D eigenvalue weighted by Gasteiger charge is 2.14. The van der Waals surface area contributed by atoms with Gasteiger partial charge in [0, 0.05) is 23.2 Å². The number of aromatic hydroxyl groups is 1. The number of rotatable bonds is 5. The highest BCUT2D eigenvalue weighted by atomic mass is 35.5. The molecule has 0 aliphatic rings. The Kier molecular flexibility index (Phi) is 6.23. The average molecular weight is 377 g/mol. The number of phenolic OH excluding ortho intramolecular Hbond substituents is 1. The zero-order valence-corrected chi connectivity index (χ0v) is 13.9. The Hall–Kier alpha value is -3.46. The molecule has 2 rings (SSSR count). The van der Waals surface area contributed by atoms with Gasteiger partial charge in [-0.1, -0.05) is 23.7 Å². The van der Waals surface area contributed by atoms with E-state index in [9.17, 15) is 24.8 Å². The number of hydrogen-bond acceptors (Lipinski definition) is 6. The molecule has 0 saturated carbocycles. The van der Waals surface area contributed by atoms with Crippen LogP contribution in [0.3, 0.4) is 0 Å². The summed E-state index contributed by atoms with van der Waals surface area (Å²) in [5, 5.41) is 26.6. The number of nitro groups is 1. The van der Waals surface area contributed by atoms with Crippen LogP contribution in [0.15, 0.2) is 47.6 Å². The Labute approximate surface area is 152 Å². The third-order valence-corrected chi connectivity index (χ3v) is 3.40. The van der Waals surface area contributed by atoms with Gasteiger partial charge in [0.05, 0.1) is 11.1 Å². The number of carbonyl (C=O) groups excluding carboxylic acids is 2. The van der Waals surface area contributed by atoms with Crippen LogP contribution >= 0.6 is 11.6 Å². The second kappa shape index (κ2) is 8.58. The molecule has 2 amide bonds. The molecule has 134 valence electrons. The molecule has 0 radical (unpaired) electrons. The molecule has 0 bridgehead atoms. The summed E-state index contributed by atoms with van der Waals surface area (Å²) in [5.41, 5.74) is 2.53. The summed E-state index contributed by atoms with van der Waals surface area (Å²) in [6, 6.07) is 10.3. The molecule has 0 aromatic heterocycles. The second-order valence-electron chi connectivity index (χ2n) is 5.01. The van der Waals surface area contributed by atoms with Crippen molar-refractivity contribution in [1.82, 2.24) is 10.7 Å². The van der Waals surface area contributed by atoms with E-state index in [-0.39, 0.29) is 12.1 Å². The number of amides is 2. The van der Waals surface area contributed by atoms with Crippen LogP contribution in [0.4, 0.5) is 5.69 Å². The van der Waals surface area contributed by atoms with Crippen molar-refractivity contribution in [3.8, 4) is 5.75 Å². The molecule has 0 fully saturated rings. The fourth-order valence-electron chi connectivity index (χ4n) is 1.85. The number of nitro benzene ring substituents is 1. The van der Waals surface area contributed by atoms with Crippen LogP contribution in [-0.4, -0.2) is 28.1 Å². The first-order valence-corrected chi connectivity index (χ1v) is 7.57. The predicted molar refractivity (Wildman–Crippen MR) is 93.8 cm³/mol. The van der Waals surface area contributed by atoms with Crippen molar-refractivity contribution in [1.29, 1.82) is 0 Å². The van der Waals surface area contributed by atoms with Crippen molar-refractivity contribution in [3.63, 3.8) is 0 Å². The number of phenols is 1. The number of hydrogen-bond donors (Lipinski definition) is 3. The average Bonchev–Trinajstić information content (AvgIpc) is 2.62. The van der Waals surface area contributed by atoms with Crippen molar-refractivity contribution in [2.75, 3.05) is 0 Å². The Morgan fingerprint density at radius 1 is 1.19 bits per heavy atom. The highest BCUT2D eigenvalue weighted by Crippen LogP contribution is 2.25. The van der Waals surface area contributed by atoms with Crippen molar-refractivity contribution in [2.24, 2.45) is 5.10 Å². The molecule has 9 nitrogen and oxygen atoms in total. The zero-order valence-electron chi connectivity index (χ0n) is 13.2. The summed E-state index contributed by atoms with van der Waals surface area (Å²) in [5.74, 6) is -2.38. The maximum atomic E-state index is 11.7. The number of halogens is 1. The van der Waals surface area contributed by atoms with Crippen LogP contribution in [0.2, 0.25) is 5.02 Å². The number of nitrogens with zero attached hydrogens (tertiary/aromatic N) is 2. The van der Waals surface area contributed by atoms with Crippen molar-refractivity contribution in [2.45, 2.75) is 6.54 Å². The summed E-state index contributed by atoms with van der Waals surface area (Å²) in [6.45, 7) is 0.136. The van der Waals surface area contributed by atoms with Crippen molar-refractivity contribution >= 4 is 35.3 Å². The minimum absolute atomic E-state index is 0.136. The predicted octanol–water partition coefficient (Wildman–Crippen LogP) is 1.72. The van der Waals surface area contributed by atoms with Crippen molar-refractivity contribution in [3.05, 3.63) is 68.7 Å². The Morgan fingerprint density at radius 3 is 2.54 bits per heavy atom. The maximum absolute atomic E-state index is 11.7. The van der Waals surface area contributed by atoms with Crippen LogP contribution in [0.25, 0.3) is 0 Å². The van der Waals surface area contributed by atoms with Gasteiger partial charge in [-0.2, -0.15) is 5.10 Å². The van der Waals surface area contributed by atoms with E-state index in [4.69, 9.17) is 11.6 Å². The normalized spacial score (nSPS) is 10.5. The van der Waals surface area contributed by atoms with Gasteiger partial charge in [-0.05, 0) is 29.8 Å². The van der Waals surface area contributed by atoms with Crippen LogP contribution < -0.4 is 10.7 Å². The maximum Gasteiger partial charge on any atom is 0.329 e. The Morgan fingerprint density at radius 2 is 1.88 bits per heavy atom. The summed E-state index contributed by atoms with van der Waals surface area (Å²) in [4.78, 5) is 33.3. The summed E-state index contributed by atoms with van der Waals surface area (Å²) in [7, 11) is 0. The van der Waals surface area contributed by atoms with E-state index in [1.807, 2.05) is 5.43 Å². The fraction of sp³-hybridized carbons (Fsp3) is 0.0625. The van der Waals surface area contributed by atoms with Gasteiger partial charge in [-0.25, -0.2) is 5.43 Å². The minimum Gasteiger partial charge on any atom is -0.502 e. The molecule has 0 heterocycles. The second-order valence-corrected chi connectivity index (χ2v) is 5.45. The fourth-order valence-corrected chi connectivity index (χ4v) is 1.97. The first-order chi connectivity index (χ1) is 12.4. The monoisotopic (exact) mass is 376 g/mol. The summed E-state index contributed by atoms with van der Waals surface area (Å²) in [6.07, 6.45) is 1.11. The van der Waals surface area contributed by atoms with Crippen LogP contribution in [0.5, 0.6) is 5.75 Å². The SMILES string of the molecule is O=C(NCc1ccc(Cl)cc1)C(=O)N/N=C/c1ccc(O)c([N+](=O)[O-])c1. The quantitative estimate of drug-likeness (QED) is 0.316. The molecule has 0 saturated heterocycles. The van der Waals surface area contributed by atoms with E-state index in [0.717, 1.165) is 23.9 Å². The van der Waals surface area contributed by atoms with Gasteiger partial charge in [-0.15, -0.1) is 0 Å². The molecular weight excluding hydrogens is 364 g/mol. The molecule has 0 unspecified atom stereocenters. The molecule has 0 aliphatic carbocycles. The highest BCUT2D eigenvalue weighted by molar-refractivity contribution is 6.35. The third kappa shape index (κ3) is 5.28. The summed E-state index contributed by atoms with van der Waals surface area (Å²) >= 11 is 5.75. The molecule has 26 heavy (non-hydrogen) atoms. The van der Waals surface area contributed by atoms with Crippen molar-refractivity contribution < 1.29 is 19.6 Å². The number of hydrazone groups is 1. The van der Waals surface area contributed by atoms with E-state index in [1.165, 1.54) is 6.07 Å². The van der Waals surface area contributed by atoms with Crippen LogP contribution in [0, 0.1) is 10.1 Å². The van der Waals surface area contributed by atoms with E-state index in [1.54, 1.807) is 24.3 Å². The lowest BCUT2D eigenvalue weighted by Gasteiger charge is -2.04. The van der Waals surface area contributed by atoms with Gasteiger partial charge in [0.1, 0.15) is 0 Å². The Balaban J connectivity index is 1.88. The van der Waals surface area contributed by atoms with Gasteiger partial charge in [0.2, 0.25) is 0 Å². The lowest BCUT2D eigenvalue weighted by Crippen LogP contribution is -2.37. The van der Waals surface area contributed by atoms with Crippen LogP contribution in [-0.2, 0) is 16.1 Å². The third-order valence-electron chi connectivity index (χ3n) is 3.15. The topological polar surface area (TPSA) is 134 Å². The number of benzene rings is 2. The lowest BCUT2D eigenvalue weighted by atomic mass is 10.2. The zero-order chi connectivity index (χ0) is 19.1. The minimum atomic E-state index is -0.997. The van der Waals surface area contributed by atoms with Gasteiger partial charge in [-0.3, -0.25) is 19.7 Å². The Bertz CT molecular complexity index is 867. The first kappa shape index (κ1) is 18.9. The number of carbonyl (C=O) groups is 2. The van der Waals surface area contributed by atoms with Gasteiger partial charge in [0.25, 0.3) is 0 Å². The molecule has 0 atom stereocenters. The van der Waals surface area contributed by atoms with E-state index in [2.05, 4.69) is 10.4 Å². The molecule has 10 heteroatoms. The van der Waals surface area contributed by atoms with E-state index < -0.39 is 28.2 Å². The van der Waals surface area contributed by atoms with E-state index in [0.29, 0.717) is 5.02 Å². The van der Waals surface area contributed by atoms with E-state index >= 15 is 0 Å². The molecule has 2 aromatic rings. The molecule has 3 N–H and O–H groups in total. The standard InChI is InChI=1S/C16H13ClN4O5/c17-12-4-1-10(2-5-12)8-18-15(23)16(24)20-19-9-11-3-6-14(22)13(7-11)21(25)26/h1-7,9,22H,8H2,(H,18,23)(H,20,24)/b19-9+. The van der Waals surface area contributed by atoms with Gasteiger partial charge >= 0.3 is 17.5 Å². The smallest absolute Gasteiger partial charge is 0.329 e. The summed E-state index contributed by atoms with van der Waals surface area (Å²) < 4.78 is 0. The first-order valence-electron chi connectivity index (χ1n) is 7.20. The molecule has 0 spiro atoms. The lowest BCUT2D eigenvalue weighted by molar-refractivity contribution is -0.385. The number of nitrogens with one attached hydrogen (secondary N) is 2. The molecule has 0 aliphatic heterocycles. The molecular formula is C16H13ClN4O5. The van der Waals surface area contributed by atoms with Gasteiger partial charge < -0.3 is 10.4 Å². The molecule has 2 aromatic carbocycles. The van der Waals surface area contributed by atoms with Gasteiger partial charge in [0.15, 0.2) is 5.75 Å². The largest absolute Gasteiger partial charge is 0.502 e. The van der Waals surface area contributed by atoms with Crippen LogP contribution in [0.1, 0.15) is 11.1 Å².